The van der Waals surface area contributed by atoms with Gasteiger partial charge >= 0.3 is 0 Å². The fraction of sp³-hybridized carbons (Fsp3) is 0.688. The molecule has 1 aromatic heterocycles. The summed E-state index contributed by atoms with van der Waals surface area (Å²) in [5.74, 6) is 1.19. The molecule has 0 radical (unpaired) electrons. The van der Waals surface area contributed by atoms with E-state index in [9.17, 15) is 8.42 Å². The van der Waals surface area contributed by atoms with Crippen LogP contribution in [0, 0.1) is 5.92 Å². The lowest BCUT2D eigenvalue weighted by Crippen LogP contribution is -2.42. The molecule has 0 aromatic carbocycles. The van der Waals surface area contributed by atoms with Gasteiger partial charge in [-0.15, -0.1) is 24.0 Å². The van der Waals surface area contributed by atoms with Gasteiger partial charge in [-0.25, -0.2) is 13.1 Å². The zero-order valence-corrected chi connectivity index (χ0v) is 19.4. The van der Waals surface area contributed by atoms with E-state index in [1.54, 1.807) is 7.05 Å². The first-order valence-corrected chi connectivity index (χ1v) is 10.5. The summed E-state index contributed by atoms with van der Waals surface area (Å²) in [6, 6.07) is 1.90. The van der Waals surface area contributed by atoms with Crippen molar-refractivity contribution >= 4 is 51.6 Å². The zero-order valence-electron chi connectivity index (χ0n) is 15.5. The molecule has 1 aliphatic rings. The first-order chi connectivity index (χ1) is 11.8. The quantitative estimate of drug-likeness (QED) is 0.314. The van der Waals surface area contributed by atoms with Gasteiger partial charge in [0.15, 0.2) is 5.96 Å². The predicted molar refractivity (Wildman–Crippen MR) is 118 cm³/mol. The lowest BCUT2D eigenvalue weighted by Gasteiger charge is -2.25. The van der Waals surface area contributed by atoms with Gasteiger partial charge in [-0.3, -0.25) is 4.99 Å². The van der Waals surface area contributed by atoms with Gasteiger partial charge in [0.2, 0.25) is 10.0 Å². The van der Waals surface area contributed by atoms with Crippen LogP contribution in [0.4, 0.5) is 0 Å². The molecule has 0 atom stereocenters. The molecule has 2 N–H and O–H groups in total. The molecule has 0 amide bonds. The van der Waals surface area contributed by atoms with Crippen LogP contribution < -0.4 is 10.0 Å². The molecule has 1 saturated carbocycles. The molecule has 0 saturated heterocycles. The number of rotatable bonds is 8. The molecule has 1 heterocycles. The molecular weight excluding hydrogens is 489 g/mol. The standard InChI is InChI=1S/C16H28ClN5O2S.HI/c1-18-16(22(3)12-15-9-14(17)11-21(15)2)19-7-8-25(23,24)20-10-13-5-4-6-13;/h9,11,13,20H,4-8,10,12H2,1-3H3,(H,18,19);1H. The van der Waals surface area contributed by atoms with E-state index in [1.807, 2.05) is 35.8 Å². The van der Waals surface area contributed by atoms with Crippen molar-refractivity contribution < 1.29 is 8.42 Å². The molecule has 0 unspecified atom stereocenters. The number of nitrogens with one attached hydrogen (secondary N) is 2. The number of hydrogen-bond acceptors (Lipinski definition) is 3. The number of nitrogens with zero attached hydrogens (tertiary/aromatic N) is 3. The molecule has 0 aliphatic heterocycles. The van der Waals surface area contributed by atoms with Crippen LogP contribution in [0.1, 0.15) is 25.0 Å². The minimum atomic E-state index is -3.25. The molecule has 150 valence electrons. The van der Waals surface area contributed by atoms with Crippen LogP contribution in [0.2, 0.25) is 5.02 Å². The monoisotopic (exact) mass is 517 g/mol. The largest absolute Gasteiger partial charge is 0.355 e. The Labute approximate surface area is 178 Å². The topological polar surface area (TPSA) is 78.7 Å². The number of sulfonamides is 1. The zero-order chi connectivity index (χ0) is 18.4. The van der Waals surface area contributed by atoms with Crippen LogP contribution in [0.3, 0.4) is 0 Å². The number of aryl methyl sites for hydroxylation is 1. The summed E-state index contributed by atoms with van der Waals surface area (Å²) < 4.78 is 28.7. The minimum Gasteiger partial charge on any atom is -0.355 e. The highest BCUT2D eigenvalue weighted by molar-refractivity contribution is 14.0. The normalized spacial score (nSPS) is 15.3. The van der Waals surface area contributed by atoms with Crippen molar-refractivity contribution in [2.75, 3.05) is 32.9 Å². The third-order valence-corrected chi connectivity index (χ3v) is 6.07. The van der Waals surface area contributed by atoms with Gasteiger partial charge in [0.1, 0.15) is 0 Å². The SMILES string of the molecule is CN=C(NCCS(=O)(=O)NCC1CCC1)N(C)Cc1cc(Cl)cn1C.I. The molecule has 0 bridgehead atoms. The molecule has 1 aliphatic carbocycles. The summed E-state index contributed by atoms with van der Waals surface area (Å²) in [6.45, 7) is 1.49. The second-order valence-electron chi connectivity index (χ2n) is 6.55. The van der Waals surface area contributed by atoms with Gasteiger partial charge in [-0.05, 0) is 24.8 Å². The van der Waals surface area contributed by atoms with Crippen LogP contribution in [0.5, 0.6) is 0 Å². The van der Waals surface area contributed by atoms with Crippen molar-refractivity contribution in [3.05, 3.63) is 23.0 Å². The third-order valence-electron chi connectivity index (χ3n) is 4.52. The average Bonchev–Trinajstić information content (AvgIpc) is 2.79. The average molecular weight is 518 g/mol. The van der Waals surface area contributed by atoms with E-state index in [-0.39, 0.29) is 29.7 Å². The molecular formula is C16H29ClIN5O2S. The number of aliphatic imine (C=N–C) groups is 1. The molecule has 26 heavy (non-hydrogen) atoms. The molecule has 10 heteroatoms. The van der Waals surface area contributed by atoms with Crippen molar-refractivity contribution in [1.29, 1.82) is 0 Å². The van der Waals surface area contributed by atoms with E-state index in [1.165, 1.54) is 6.42 Å². The first-order valence-electron chi connectivity index (χ1n) is 8.50. The fourth-order valence-corrected chi connectivity index (χ4v) is 4.01. The van der Waals surface area contributed by atoms with Gasteiger partial charge in [0.05, 0.1) is 17.3 Å². The second-order valence-corrected chi connectivity index (χ2v) is 8.92. The van der Waals surface area contributed by atoms with Crippen LogP contribution >= 0.6 is 35.6 Å². The molecule has 7 nitrogen and oxygen atoms in total. The highest BCUT2D eigenvalue weighted by Gasteiger charge is 2.20. The maximum Gasteiger partial charge on any atom is 0.213 e. The Bertz CT molecular complexity index is 703. The Hall–Kier alpha value is -0.520. The second kappa shape index (κ2) is 10.7. The summed E-state index contributed by atoms with van der Waals surface area (Å²) in [5, 5.41) is 3.79. The number of guanidine groups is 1. The van der Waals surface area contributed by atoms with Crippen molar-refractivity contribution in [2.45, 2.75) is 25.8 Å². The Balaban J connectivity index is 0.00000338. The van der Waals surface area contributed by atoms with E-state index < -0.39 is 10.0 Å². The predicted octanol–water partition coefficient (Wildman–Crippen LogP) is 2.02. The van der Waals surface area contributed by atoms with E-state index in [2.05, 4.69) is 15.0 Å². The minimum absolute atomic E-state index is 0. The summed E-state index contributed by atoms with van der Waals surface area (Å²) in [7, 11) is 2.27. The smallest absolute Gasteiger partial charge is 0.213 e. The van der Waals surface area contributed by atoms with Crippen molar-refractivity contribution in [2.24, 2.45) is 18.0 Å². The van der Waals surface area contributed by atoms with Crippen LogP contribution in [-0.4, -0.2) is 56.8 Å². The molecule has 1 aromatic rings. The maximum atomic E-state index is 12.0. The van der Waals surface area contributed by atoms with Gasteiger partial charge in [0.25, 0.3) is 0 Å². The van der Waals surface area contributed by atoms with E-state index >= 15 is 0 Å². The lowest BCUT2D eigenvalue weighted by molar-refractivity contribution is 0.316. The van der Waals surface area contributed by atoms with Crippen molar-refractivity contribution in [3.63, 3.8) is 0 Å². The molecule has 0 spiro atoms. The van der Waals surface area contributed by atoms with Crippen LogP contribution in [0.25, 0.3) is 0 Å². The Morgan fingerprint density at radius 2 is 2.15 bits per heavy atom. The van der Waals surface area contributed by atoms with Gasteiger partial charge < -0.3 is 14.8 Å². The fourth-order valence-electron chi connectivity index (χ4n) is 2.74. The summed E-state index contributed by atoms with van der Waals surface area (Å²) in [5.41, 5.74) is 1.05. The molecule has 1 fully saturated rings. The van der Waals surface area contributed by atoms with Gasteiger partial charge in [0, 0.05) is 46.1 Å². The summed E-state index contributed by atoms with van der Waals surface area (Å²) in [4.78, 5) is 6.14. The van der Waals surface area contributed by atoms with Gasteiger partial charge in [-0.2, -0.15) is 0 Å². The van der Waals surface area contributed by atoms with Crippen molar-refractivity contribution in [3.8, 4) is 0 Å². The summed E-state index contributed by atoms with van der Waals surface area (Å²) >= 11 is 6.00. The number of halogens is 2. The van der Waals surface area contributed by atoms with Crippen LogP contribution in [0.15, 0.2) is 17.3 Å². The van der Waals surface area contributed by atoms with E-state index in [0.717, 1.165) is 18.5 Å². The Morgan fingerprint density at radius 1 is 1.46 bits per heavy atom. The van der Waals surface area contributed by atoms with Gasteiger partial charge in [-0.1, -0.05) is 18.0 Å². The Morgan fingerprint density at radius 3 is 2.65 bits per heavy atom. The van der Waals surface area contributed by atoms with E-state index in [4.69, 9.17) is 11.6 Å². The first kappa shape index (κ1) is 23.5. The van der Waals surface area contributed by atoms with Crippen LogP contribution in [-0.2, 0) is 23.6 Å². The summed E-state index contributed by atoms with van der Waals surface area (Å²) in [6.07, 6.45) is 5.31. The number of hydrogen-bond donors (Lipinski definition) is 2. The highest BCUT2D eigenvalue weighted by Crippen LogP contribution is 2.25. The third kappa shape index (κ3) is 7.24. The van der Waals surface area contributed by atoms with E-state index in [0.29, 0.717) is 36.5 Å². The Kier molecular flexibility index (Phi) is 9.70. The highest BCUT2D eigenvalue weighted by atomic mass is 127. The molecule has 2 rings (SSSR count). The number of aromatic nitrogens is 1. The lowest BCUT2D eigenvalue weighted by atomic mass is 9.86. The maximum absolute atomic E-state index is 12.0. The van der Waals surface area contributed by atoms with Crippen molar-refractivity contribution in [1.82, 2.24) is 19.5 Å².